The highest BCUT2D eigenvalue weighted by atomic mass is 16.5. The van der Waals surface area contributed by atoms with E-state index in [9.17, 15) is 5.11 Å². The third-order valence-corrected chi connectivity index (χ3v) is 4.01. The van der Waals surface area contributed by atoms with Gasteiger partial charge in [0.05, 0.1) is 19.3 Å². The summed E-state index contributed by atoms with van der Waals surface area (Å²) in [6.07, 6.45) is 2.19. The lowest BCUT2D eigenvalue weighted by atomic mass is 10.2. The van der Waals surface area contributed by atoms with Gasteiger partial charge < -0.3 is 15.2 Å². The van der Waals surface area contributed by atoms with Crippen molar-refractivity contribution in [3.8, 4) is 0 Å². The van der Waals surface area contributed by atoms with Crippen molar-refractivity contribution in [2.75, 3.05) is 32.8 Å². The number of ether oxygens (including phenoxy) is 1. The molecule has 1 heterocycles. The van der Waals surface area contributed by atoms with E-state index in [1.165, 1.54) is 25.9 Å². The third kappa shape index (κ3) is 6.14. The molecular formula is C17H28N2O2. The van der Waals surface area contributed by atoms with Crippen molar-refractivity contribution in [3.05, 3.63) is 35.9 Å². The fourth-order valence-electron chi connectivity index (χ4n) is 2.72. The van der Waals surface area contributed by atoms with Crippen molar-refractivity contribution < 1.29 is 9.84 Å². The van der Waals surface area contributed by atoms with Crippen molar-refractivity contribution in [2.45, 2.75) is 38.5 Å². The number of aliphatic hydroxyl groups is 1. The molecule has 21 heavy (non-hydrogen) atoms. The van der Waals surface area contributed by atoms with Crippen molar-refractivity contribution in [3.63, 3.8) is 0 Å². The molecule has 0 bridgehead atoms. The molecule has 4 nitrogen and oxygen atoms in total. The van der Waals surface area contributed by atoms with Crippen LogP contribution in [0.2, 0.25) is 0 Å². The number of hydrogen-bond donors (Lipinski definition) is 2. The lowest BCUT2D eigenvalue weighted by molar-refractivity contribution is 0.0282. The second-order valence-electron chi connectivity index (χ2n) is 5.90. The molecule has 1 aliphatic heterocycles. The molecule has 4 heteroatoms. The number of aliphatic hydroxyl groups excluding tert-OH is 1. The quantitative estimate of drug-likeness (QED) is 0.726. The SMILES string of the molecule is CC(CNCC(O)COCc1ccccc1)N1CCCC1. The summed E-state index contributed by atoms with van der Waals surface area (Å²) in [6.45, 7) is 7.12. The van der Waals surface area contributed by atoms with Crippen molar-refractivity contribution in [2.24, 2.45) is 0 Å². The second-order valence-corrected chi connectivity index (χ2v) is 5.90. The van der Waals surface area contributed by atoms with Gasteiger partial charge in [0.15, 0.2) is 0 Å². The number of benzene rings is 1. The molecule has 118 valence electrons. The van der Waals surface area contributed by atoms with Crippen molar-refractivity contribution in [1.82, 2.24) is 10.2 Å². The van der Waals surface area contributed by atoms with Gasteiger partial charge in [0.2, 0.25) is 0 Å². The Kier molecular flexibility index (Phi) is 7.16. The molecule has 0 spiro atoms. The molecule has 1 fully saturated rings. The predicted octanol–water partition coefficient (Wildman–Crippen LogP) is 1.64. The molecule has 2 N–H and O–H groups in total. The number of hydrogen-bond acceptors (Lipinski definition) is 4. The molecule has 0 aromatic heterocycles. The number of rotatable bonds is 9. The first kappa shape index (κ1) is 16.4. The van der Waals surface area contributed by atoms with Crippen molar-refractivity contribution >= 4 is 0 Å². The Hall–Kier alpha value is -0.940. The topological polar surface area (TPSA) is 44.7 Å². The van der Waals surface area contributed by atoms with E-state index >= 15 is 0 Å². The van der Waals surface area contributed by atoms with Gasteiger partial charge in [0.1, 0.15) is 0 Å². The summed E-state index contributed by atoms with van der Waals surface area (Å²) in [7, 11) is 0. The van der Waals surface area contributed by atoms with Crippen molar-refractivity contribution in [1.29, 1.82) is 0 Å². The molecule has 0 saturated carbocycles. The zero-order valence-corrected chi connectivity index (χ0v) is 13.0. The highest BCUT2D eigenvalue weighted by Crippen LogP contribution is 2.10. The summed E-state index contributed by atoms with van der Waals surface area (Å²) in [6, 6.07) is 10.6. The van der Waals surface area contributed by atoms with Crippen LogP contribution in [0, 0.1) is 0 Å². The van der Waals surface area contributed by atoms with Gasteiger partial charge in [-0.1, -0.05) is 30.3 Å². The summed E-state index contributed by atoms with van der Waals surface area (Å²) in [5, 5.41) is 13.2. The van der Waals surface area contributed by atoms with Crippen LogP contribution < -0.4 is 5.32 Å². The molecular weight excluding hydrogens is 264 g/mol. The largest absolute Gasteiger partial charge is 0.389 e. The van der Waals surface area contributed by atoms with E-state index in [1.807, 2.05) is 30.3 Å². The Bertz CT molecular complexity index is 380. The summed E-state index contributed by atoms with van der Waals surface area (Å²) in [5.74, 6) is 0. The Morgan fingerprint density at radius 3 is 2.62 bits per heavy atom. The molecule has 1 aliphatic rings. The molecule has 2 unspecified atom stereocenters. The molecule has 2 atom stereocenters. The van der Waals surface area contributed by atoms with Crippen LogP contribution in [-0.4, -0.2) is 54.9 Å². The van der Waals surface area contributed by atoms with Gasteiger partial charge in [-0.3, -0.25) is 4.90 Å². The van der Waals surface area contributed by atoms with E-state index in [2.05, 4.69) is 17.1 Å². The predicted molar refractivity (Wildman–Crippen MR) is 85.2 cm³/mol. The first-order chi connectivity index (χ1) is 10.3. The van der Waals surface area contributed by atoms with Crippen LogP contribution in [0.1, 0.15) is 25.3 Å². The average Bonchev–Trinajstić information content (AvgIpc) is 3.02. The van der Waals surface area contributed by atoms with Crippen LogP contribution >= 0.6 is 0 Å². The minimum absolute atomic E-state index is 0.375. The van der Waals surface area contributed by atoms with Crippen LogP contribution in [-0.2, 0) is 11.3 Å². The molecule has 1 saturated heterocycles. The smallest absolute Gasteiger partial charge is 0.0897 e. The van der Waals surface area contributed by atoms with Gasteiger partial charge in [-0.25, -0.2) is 0 Å². The second kappa shape index (κ2) is 9.15. The summed E-state index contributed by atoms with van der Waals surface area (Å²) < 4.78 is 5.54. The van der Waals surface area contributed by atoms with E-state index < -0.39 is 6.10 Å². The van der Waals surface area contributed by atoms with Gasteiger partial charge in [-0.15, -0.1) is 0 Å². The van der Waals surface area contributed by atoms with E-state index in [-0.39, 0.29) is 0 Å². The maximum Gasteiger partial charge on any atom is 0.0897 e. The van der Waals surface area contributed by atoms with E-state index in [0.717, 1.165) is 12.1 Å². The van der Waals surface area contributed by atoms with Gasteiger partial charge in [-0.2, -0.15) is 0 Å². The maximum atomic E-state index is 9.90. The van der Waals surface area contributed by atoms with Gasteiger partial charge in [0.25, 0.3) is 0 Å². The normalized spacial score (nSPS) is 18.8. The van der Waals surface area contributed by atoms with Crippen LogP contribution in [0.3, 0.4) is 0 Å². The molecule has 2 rings (SSSR count). The Morgan fingerprint density at radius 1 is 1.19 bits per heavy atom. The van der Waals surface area contributed by atoms with Gasteiger partial charge in [-0.05, 0) is 38.4 Å². The lowest BCUT2D eigenvalue weighted by Gasteiger charge is -2.24. The highest BCUT2D eigenvalue weighted by Gasteiger charge is 2.17. The molecule has 1 aromatic rings. The fraction of sp³-hybridized carbons (Fsp3) is 0.647. The Balaban J connectivity index is 1.52. The van der Waals surface area contributed by atoms with E-state index in [4.69, 9.17) is 4.74 Å². The summed E-state index contributed by atoms with van der Waals surface area (Å²) in [5.41, 5.74) is 1.14. The van der Waals surface area contributed by atoms with Gasteiger partial charge in [0, 0.05) is 19.1 Å². The molecule has 1 aromatic carbocycles. The van der Waals surface area contributed by atoms with Crippen LogP contribution in [0.25, 0.3) is 0 Å². The van der Waals surface area contributed by atoms with Crippen LogP contribution in [0.15, 0.2) is 30.3 Å². The maximum absolute atomic E-state index is 9.90. The Labute approximate surface area is 128 Å². The number of nitrogens with zero attached hydrogens (tertiary/aromatic N) is 1. The van der Waals surface area contributed by atoms with E-state index in [1.54, 1.807) is 0 Å². The first-order valence-corrected chi connectivity index (χ1v) is 8.00. The highest BCUT2D eigenvalue weighted by molar-refractivity contribution is 5.13. The van der Waals surface area contributed by atoms with Crippen LogP contribution in [0.4, 0.5) is 0 Å². The monoisotopic (exact) mass is 292 g/mol. The summed E-state index contributed by atoms with van der Waals surface area (Å²) >= 11 is 0. The lowest BCUT2D eigenvalue weighted by Crippen LogP contribution is -2.41. The number of nitrogens with one attached hydrogen (secondary N) is 1. The van der Waals surface area contributed by atoms with Gasteiger partial charge >= 0.3 is 0 Å². The zero-order chi connectivity index (χ0) is 14.9. The standard InChI is InChI=1S/C17H28N2O2/c1-15(19-9-5-6-10-19)11-18-12-17(20)14-21-13-16-7-3-2-4-8-16/h2-4,7-8,15,17-18,20H,5-6,9-14H2,1H3. The van der Waals surface area contributed by atoms with Crippen LogP contribution in [0.5, 0.6) is 0 Å². The summed E-state index contributed by atoms with van der Waals surface area (Å²) in [4.78, 5) is 2.51. The Morgan fingerprint density at radius 2 is 1.90 bits per heavy atom. The molecule has 0 amide bonds. The number of likely N-dealkylation sites (tertiary alicyclic amines) is 1. The van der Waals surface area contributed by atoms with E-state index in [0.29, 0.717) is 25.8 Å². The minimum Gasteiger partial charge on any atom is -0.389 e. The average molecular weight is 292 g/mol. The third-order valence-electron chi connectivity index (χ3n) is 4.01. The molecule has 0 radical (unpaired) electrons. The minimum atomic E-state index is -0.445. The zero-order valence-electron chi connectivity index (χ0n) is 13.0. The molecule has 0 aliphatic carbocycles. The fourth-order valence-corrected chi connectivity index (χ4v) is 2.72. The first-order valence-electron chi connectivity index (χ1n) is 8.00.